The lowest BCUT2D eigenvalue weighted by Crippen LogP contribution is -2.12. The Labute approximate surface area is 99.9 Å². The van der Waals surface area contributed by atoms with E-state index >= 15 is 0 Å². The van der Waals surface area contributed by atoms with Crippen LogP contribution in [-0.4, -0.2) is 30.7 Å². The Kier molecular flexibility index (Phi) is 2.95. The number of carbonyl (C=O) groups excluding carboxylic acids is 2. The number of anilines is 1. The summed E-state index contributed by atoms with van der Waals surface area (Å²) in [4.78, 5) is 25.7. The Bertz CT molecular complexity index is 504. The molecule has 0 radical (unpaired) electrons. The number of nitrogens with zero attached hydrogens (tertiary/aromatic N) is 1. The van der Waals surface area contributed by atoms with Crippen LogP contribution in [0.2, 0.25) is 0 Å². The third-order valence-corrected chi connectivity index (χ3v) is 2.50. The van der Waals surface area contributed by atoms with Gasteiger partial charge in [-0.2, -0.15) is 0 Å². The third-order valence-electron chi connectivity index (χ3n) is 2.50. The molecule has 0 spiro atoms. The van der Waals surface area contributed by atoms with Crippen LogP contribution in [0.25, 0.3) is 0 Å². The number of fused-ring (bicyclic) bond motifs is 1. The highest BCUT2D eigenvalue weighted by atomic mass is 16.2. The molecule has 1 amide bonds. The molecular weight excluding hydrogens is 216 g/mol. The maximum atomic E-state index is 12.2. The predicted octanol–water partition coefficient (Wildman–Crippen LogP) is 1.66. The van der Waals surface area contributed by atoms with E-state index in [1.165, 1.54) is 0 Å². The normalized spacial score (nSPS) is 17.4. The van der Waals surface area contributed by atoms with Crippen molar-refractivity contribution in [3.8, 4) is 0 Å². The Hall–Kier alpha value is -2.10. The molecule has 1 aromatic rings. The van der Waals surface area contributed by atoms with E-state index in [0.29, 0.717) is 16.8 Å². The molecule has 1 aromatic carbocycles. The molecule has 4 heteroatoms. The summed E-state index contributed by atoms with van der Waals surface area (Å²) in [6.07, 6.45) is 1.82. The van der Waals surface area contributed by atoms with E-state index in [4.69, 9.17) is 0 Å². The van der Waals surface area contributed by atoms with Crippen LogP contribution in [0.1, 0.15) is 16.8 Å². The summed E-state index contributed by atoms with van der Waals surface area (Å²) in [6.45, 7) is 0. The van der Waals surface area contributed by atoms with Crippen LogP contribution >= 0.6 is 0 Å². The highest BCUT2D eigenvalue weighted by Gasteiger charge is 2.23. The largest absolute Gasteiger partial charge is 0.383 e. The predicted molar refractivity (Wildman–Crippen MR) is 65.8 cm³/mol. The van der Waals surface area contributed by atoms with Gasteiger partial charge in [-0.3, -0.25) is 9.59 Å². The highest BCUT2D eigenvalue weighted by molar-refractivity contribution is 6.18. The third kappa shape index (κ3) is 2.36. The molecule has 2 rings (SSSR count). The van der Waals surface area contributed by atoms with E-state index in [2.05, 4.69) is 5.32 Å². The molecule has 0 saturated heterocycles. The molecule has 0 atom stereocenters. The van der Waals surface area contributed by atoms with Gasteiger partial charge in [-0.05, 0) is 12.1 Å². The van der Waals surface area contributed by atoms with Crippen molar-refractivity contribution in [3.63, 3.8) is 0 Å². The Morgan fingerprint density at radius 1 is 1.24 bits per heavy atom. The van der Waals surface area contributed by atoms with Crippen molar-refractivity contribution in [2.75, 3.05) is 19.4 Å². The van der Waals surface area contributed by atoms with Crippen molar-refractivity contribution in [3.05, 3.63) is 41.6 Å². The second-order valence-corrected chi connectivity index (χ2v) is 4.22. The lowest BCUT2D eigenvalue weighted by molar-refractivity contribution is -0.115. The van der Waals surface area contributed by atoms with Gasteiger partial charge in [-0.15, -0.1) is 0 Å². The maximum absolute atomic E-state index is 12.2. The van der Waals surface area contributed by atoms with Gasteiger partial charge in [0.1, 0.15) is 0 Å². The average molecular weight is 230 g/mol. The first-order valence-electron chi connectivity index (χ1n) is 5.38. The fourth-order valence-corrected chi connectivity index (χ4v) is 1.83. The smallest absolute Gasteiger partial charge is 0.229 e. The minimum atomic E-state index is -0.156. The Balaban J connectivity index is 2.50. The van der Waals surface area contributed by atoms with Gasteiger partial charge in [0.15, 0.2) is 5.78 Å². The first-order valence-corrected chi connectivity index (χ1v) is 5.38. The van der Waals surface area contributed by atoms with Crippen molar-refractivity contribution in [2.45, 2.75) is 6.42 Å². The SMILES string of the molecule is CN(C)C=C1CC(=O)Nc2ccccc2C1=O. The van der Waals surface area contributed by atoms with Crippen molar-refractivity contribution >= 4 is 17.4 Å². The molecule has 1 aliphatic heterocycles. The van der Waals surface area contributed by atoms with Gasteiger partial charge >= 0.3 is 0 Å². The van der Waals surface area contributed by atoms with Gasteiger partial charge in [0, 0.05) is 31.4 Å². The molecule has 17 heavy (non-hydrogen) atoms. The molecule has 88 valence electrons. The van der Waals surface area contributed by atoms with Crippen molar-refractivity contribution in [1.82, 2.24) is 4.90 Å². The summed E-state index contributed by atoms with van der Waals surface area (Å²) < 4.78 is 0. The first kappa shape index (κ1) is 11.4. The fraction of sp³-hybridized carbons (Fsp3) is 0.231. The van der Waals surface area contributed by atoms with Crippen LogP contribution in [0.15, 0.2) is 36.0 Å². The topological polar surface area (TPSA) is 49.4 Å². The van der Waals surface area contributed by atoms with Crippen LogP contribution < -0.4 is 5.32 Å². The van der Waals surface area contributed by atoms with Crippen molar-refractivity contribution in [2.24, 2.45) is 0 Å². The summed E-state index contributed by atoms with van der Waals surface area (Å²) in [5, 5.41) is 2.74. The first-order chi connectivity index (χ1) is 8.08. The zero-order valence-corrected chi connectivity index (χ0v) is 9.86. The fourth-order valence-electron chi connectivity index (χ4n) is 1.83. The Morgan fingerprint density at radius 2 is 1.94 bits per heavy atom. The minimum Gasteiger partial charge on any atom is -0.383 e. The maximum Gasteiger partial charge on any atom is 0.229 e. The molecule has 1 aliphatic rings. The number of benzene rings is 1. The number of para-hydroxylation sites is 1. The van der Waals surface area contributed by atoms with Crippen LogP contribution in [-0.2, 0) is 4.79 Å². The summed E-state index contributed by atoms with van der Waals surface area (Å²) in [6, 6.07) is 7.06. The number of hydrogen-bond donors (Lipinski definition) is 1. The highest BCUT2D eigenvalue weighted by Crippen LogP contribution is 2.24. The lowest BCUT2D eigenvalue weighted by Gasteiger charge is -2.08. The average Bonchev–Trinajstić information content (AvgIpc) is 2.37. The van der Waals surface area contributed by atoms with Crippen LogP contribution in [0.4, 0.5) is 5.69 Å². The molecule has 1 N–H and O–H groups in total. The summed E-state index contributed by atoms with van der Waals surface area (Å²) >= 11 is 0. The zero-order chi connectivity index (χ0) is 12.4. The monoisotopic (exact) mass is 230 g/mol. The number of amides is 1. The zero-order valence-electron chi connectivity index (χ0n) is 9.86. The van der Waals surface area contributed by atoms with Gasteiger partial charge in [0.2, 0.25) is 5.91 Å². The number of nitrogens with one attached hydrogen (secondary N) is 1. The Morgan fingerprint density at radius 3 is 2.65 bits per heavy atom. The number of rotatable bonds is 1. The van der Waals surface area contributed by atoms with E-state index in [9.17, 15) is 9.59 Å². The molecule has 0 aromatic heterocycles. The number of carbonyl (C=O) groups is 2. The van der Waals surface area contributed by atoms with Crippen LogP contribution in [0, 0.1) is 0 Å². The quantitative estimate of drug-likeness (QED) is 0.746. The molecule has 0 saturated carbocycles. The van der Waals surface area contributed by atoms with E-state index in [1.807, 2.05) is 14.1 Å². The lowest BCUT2D eigenvalue weighted by atomic mass is 10.0. The van der Waals surface area contributed by atoms with Gasteiger partial charge in [-0.1, -0.05) is 12.1 Å². The van der Waals surface area contributed by atoms with Crippen molar-refractivity contribution < 1.29 is 9.59 Å². The van der Waals surface area contributed by atoms with Crippen LogP contribution in [0.5, 0.6) is 0 Å². The molecule has 0 aliphatic carbocycles. The number of Topliss-reactive ketones (excluding diaryl/α,β-unsaturated/α-hetero) is 1. The van der Waals surface area contributed by atoms with Gasteiger partial charge < -0.3 is 10.2 Å². The molecule has 1 heterocycles. The molecule has 0 fully saturated rings. The molecular formula is C13H14N2O2. The van der Waals surface area contributed by atoms with E-state index in [-0.39, 0.29) is 18.1 Å². The molecule has 0 unspecified atom stereocenters. The summed E-state index contributed by atoms with van der Waals surface area (Å²) in [5.41, 5.74) is 1.65. The number of hydrogen-bond acceptors (Lipinski definition) is 3. The number of ketones is 1. The van der Waals surface area contributed by atoms with E-state index in [1.54, 1.807) is 35.4 Å². The molecule has 0 bridgehead atoms. The standard InChI is InChI=1S/C13H14N2O2/c1-15(2)8-9-7-12(16)14-11-6-4-3-5-10(11)13(9)17/h3-6,8H,7H2,1-2H3,(H,14,16). The second-order valence-electron chi connectivity index (χ2n) is 4.22. The van der Waals surface area contributed by atoms with Gasteiger partial charge in [0.25, 0.3) is 0 Å². The van der Waals surface area contributed by atoms with E-state index < -0.39 is 0 Å². The van der Waals surface area contributed by atoms with Gasteiger partial charge in [-0.25, -0.2) is 0 Å². The summed E-state index contributed by atoms with van der Waals surface area (Å²) in [5.74, 6) is -0.246. The van der Waals surface area contributed by atoms with E-state index in [0.717, 1.165) is 0 Å². The van der Waals surface area contributed by atoms with Crippen molar-refractivity contribution in [1.29, 1.82) is 0 Å². The minimum absolute atomic E-state index is 0.0901. The second kappa shape index (κ2) is 4.41. The van der Waals surface area contributed by atoms with Crippen LogP contribution in [0.3, 0.4) is 0 Å². The molecule has 4 nitrogen and oxygen atoms in total. The van der Waals surface area contributed by atoms with Gasteiger partial charge in [0.05, 0.1) is 12.1 Å². The summed E-state index contributed by atoms with van der Waals surface area (Å²) in [7, 11) is 3.66.